The van der Waals surface area contributed by atoms with Crippen LogP contribution in [0.15, 0.2) is 0 Å². The zero-order valence-corrected chi connectivity index (χ0v) is 53.6. The summed E-state index contributed by atoms with van der Waals surface area (Å²) in [5, 5.41) is 45.6. The Morgan fingerprint density at radius 3 is 0.900 bits per heavy atom. The largest absolute Gasteiger partial charge is 0.490 e. The summed E-state index contributed by atoms with van der Waals surface area (Å²) in [6.45, 7) is 10.5. The predicted molar refractivity (Wildman–Crippen MR) is 315 cm³/mol. The van der Waals surface area contributed by atoms with Crippen molar-refractivity contribution in [2.75, 3.05) is 45.8 Å². The Labute approximate surface area is 524 Å². The van der Waals surface area contributed by atoms with E-state index in [9.17, 15) is 72.2 Å². The summed E-state index contributed by atoms with van der Waals surface area (Å²) in [5.74, 6) is -12.2. The van der Waals surface area contributed by atoms with Crippen LogP contribution in [0.4, 0.5) is 52.7 Å². The molecule has 0 saturated heterocycles. The van der Waals surface area contributed by atoms with Gasteiger partial charge in [0, 0.05) is 45.2 Å². The monoisotopic (exact) mass is 1340 g/mol. The van der Waals surface area contributed by atoms with Gasteiger partial charge in [0.2, 0.25) is 5.91 Å². The molecular weight excluding hydrogens is 1220 g/mol. The van der Waals surface area contributed by atoms with Gasteiger partial charge in [0.15, 0.2) is 6.04 Å². The fourth-order valence-corrected chi connectivity index (χ4v) is 8.79. The molecule has 0 spiro atoms. The first kappa shape index (κ1) is 94.0. The molecule has 18 nitrogen and oxygen atoms in total. The number of carbonyl (C=O) groups excluding carboxylic acids is 2. The Hall–Kier alpha value is -4.71. The van der Waals surface area contributed by atoms with Gasteiger partial charge in [-0.15, -0.1) is 0 Å². The van der Waals surface area contributed by atoms with E-state index in [0.717, 1.165) is 84.1 Å². The number of rotatable bonds is 51. The van der Waals surface area contributed by atoms with Crippen LogP contribution >= 0.6 is 0 Å². The molecule has 90 heavy (non-hydrogen) atoms. The third-order valence-electron chi connectivity index (χ3n) is 13.9. The molecule has 2 atom stereocenters. The third kappa shape index (κ3) is 70.7. The number of aliphatic carboxylic acids is 5. The van der Waals surface area contributed by atoms with Gasteiger partial charge in [-0.3, -0.25) is 14.4 Å². The van der Waals surface area contributed by atoms with Crippen molar-refractivity contribution in [3.8, 4) is 0 Å². The number of carboxylic acids is 5. The summed E-state index contributed by atoms with van der Waals surface area (Å²) >= 11 is 0. The maximum Gasteiger partial charge on any atom is 0.490 e. The summed E-state index contributed by atoms with van der Waals surface area (Å²) < 4.78 is 127. The Bertz CT molecular complexity index is 1640. The highest BCUT2D eigenvalue weighted by atomic mass is 19.4. The number of carbonyl (C=O) groups is 7. The molecule has 0 aromatic carbocycles. The Morgan fingerprint density at radius 2 is 0.644 bits per heavy atom. The predicted octanol–water partition coefficient (Wildman–Crippen LogP) is 10.8. The van der Waals surface area contributed by atoms with Gasteiger partial charge in [-0.2, -0.15) is 52.7 Å². The molecular formula is C60H114F12N6O12+4. The molecule has 0 aromatic heterocycles. The number of amides is 2. The van der Waals surface area contributed by atoms with E-state index >= 15 is 0 Å². The van der Waals surface area contributed by atoms with E-state index in [-0.39, 0.29) is 30.7 Å². The van der Waals surface area contributed by atoms with Crippen molar-refractivity contribution in [1.82, 2.24) is 10.2 Å². The van der Waals surface area contributed by atoms with E-state index < -0.39 is 60.6 Å². The lowest BCUT2D eigenvalue weighted by molar-refractivity contribution is -0.683. The summed E-state index contributed by atoms with van der Waals surface area (Å²) in [5.41, 5.74) is 7.90. The smallest absolute Gasteiger partial charge is 0.481 e. The quantitative estimate of drug-likeness (QED) is 0.0201. The number of hydrogen-bond acceptors (Lipinski definition) is 7. The van der Waals surface area contributed by atoms with Crippen molar-refractivity contribution in [1.29, 1.82) is 0 Å². The highest BCUT2D eigenvalue weighted by Gasteiger charge is 2.40. The SMILES string of the molecule is CCCCCCCCCCCCCCCCCCN(CCCCCCCCCCCCCCCCCC)C(=O)C(CCC(=O)O)NC(=O)C(CCC[NH2+]CCC[NH3+])[NH2+]CCC[NH3+].O=C(O)C(F)(F)F.O=C(O)C(F)(F)F.O=C(O)C(F)(F)F.O=C(O)C(F)(F)F. The second-order valence-electron chi connectivity index (χ2n) is 22.2. The molecule has 0 heterocycles. The second kappa shape index (κ2) is 61.8. The Morgan fingerprint density at radius 1 is 0.389 bits per heavy atom. The minimum absolute atomic E-state index is 0.0977. The van der Waals surface area contributed by atoms with Gasteiger partial charge in [-0.1, -0.05) is 206 Å². The van der Waals surface area contributed by atoms with E-state index in [2.05, 4.69) is 41.3 Å². The number of unbranched alkanes of at least 4 members (excludes halogenated alkanes) is 30. The van der Waals surface area contributed by atoms with Gasteiger partial charge in [0.25, 0.3) is 5.91 Å². The molecule has 0 radical (unpaired) electrons. The molecule has 0 aliphatic carbocycles. The molecule has 536 valence electrons. The third-order valence-corrected chi connectivity index (χ3v) is 13.9. The fraction of sp³-hybridized carbons (Fsp3) is 0.883. The normalized spacial score (nSPS) is 12.1. The van der Waals surface area contributed by atoms with Crippen molar-refractivity contribution in [3.05, 3.63) is 0 Å². The first-order valence-electron chi connectivity index (χ1n) is 32.4. The van der Waals surface area contributed by atoms with Gasteiger partial charge in [0.1, 0.15) is 6.04 Å². The van der Waals surface area contributed by atoms with Crippen LogP contribution in [0.3, 0.4) is 0 Å². The summed E-state index contributed by atoms with van der Waals surface area (Å²) in [6, 6.07) is -1.11. The Kier molecular flexibility index (Phi) is 64.5. The summed E-state index contributed by atoms with van der Waals surface area (Å²) in [6.07, 6.45) is 25.2. The number of alkyl halides is 12. The molecule has 2 unspecified atom stereocenters. The van der Waals surface area contributed by atoms with Crippen LogP contribution in [0.2, 0.25) is 0 Å². The number of halogens is 12. The molecule has 30 heteroatoms. The van der Waals surface area contributed by atoms with E-state index in [0.29, 0.717) is 13.1 Å². The van der Waals surface area contributed by atoms with Crippen LogP contribution in [0.1, 0.15) is 258 Å². The van der Waals surface area contributed by atoms with Gasteiger partial charge < -0.3 is 57.9 Å². The number of quaternary nitrogens is 4. The number of carboxylic acid groups (broad SMARTS) is 5. The van der Waals surface area contributed by atoms with Crippen LogP contribution < -0.4 is 27.4 Å². The van der Waals surface area contributed by atoms with Gasteiger partial charge in [-0.25, -0.2) is 19.2 Å². The average molecular weight is 1340 g/mol. The van der Waals surface area contributed by atoms with Crippen molar-refractivity contribution in [2.45, 2.75) is 295 Å². The topological polar surface area (TPSA) is 324 Å². The van der Waals surface area contributed by atoms with Crippen LogP contribution in [0.25, 0.3) is 0 Å². The molecule has 2 amide bonds. The highest BCUT2D eigenvalue weighted by molar-refractivity contribution is 5.89. The summed E-state index contributed by atoms with van der Waals surface area (Å²) in [4.78, 5) is 77.4. The standard InChI is InChI=1S/C52H106N6O4.4C2HF3O2/c1-3-5-7-9-11-13-15-17-19-21-23-25-27-29-31-33-46-58(47-34-32-30-28-26-24-22-20-18-16-14-12-10-8-6-4-2)52(62)49(39-40-50(59)60)57-51(61)48(56-45-37-42-54)38-35-43-55-44-36-41-53;4*3-2(4,5)1(6)7/h48-49,55-56H,3-47,53-54H2,1-2H3,(H,57,61)(H,59,60);4*(H,6,7)/p+4. The lowest BCUT2D eigenvalue weighted by atomic mass is 10.0. The van der Waals surface area contributed by atoms with Crippen LogP contribution in [0, 0.1) is 0 Å². The van der Waals surface area contributed by atoms with E-state index in [1.165, 1.54) is 180 Å². The fourth-order valence-electron chi connectivity index (χ4n) is 8.79. The van der Waals surface area contributed by atoms with E-state index in [4.69, 9.17) is 39.6 Å². The van der Waals surface area contributed by atoms with Gasteiger partial charge in [0.05, 0.1) is 32.7 Å². The molecule has 16 N–H and O–H groups in total. The molecule has 0 rings (SSSR count). The van der Waals surface area contributed by atoms with Crippen molar-refractivity contribution >= 4 is 41.7 Å². The maximum absolute atomic E-state index is 14.3. The van der Waals surface area contributed by atoms with Crippen molar-refractivity contribution in [2.24, 2.45) is 0 Å². The molecule has 0 aromatic rings. The van der Waals surface area contributed by atoms with Crippen LogP contribution in [-0.2, 0) is 33.6 Å². The maximum atomic E-state index is 14.3. The van der Waals surface area contributed by atoms with E-state index in [1.807, 2.05) is 4.90 Å². The minimum Gasteiger partial charge on any atom is -0.481 e. The van der Waals surface area contributed by atoms with Crippen LogP contribution in [0.5, 0.6) is 0 Å². The first-order valence-corrected chi connectivity index (χ1v) is 32.4. The zero-order chi connectivity index (χ0) is 69.7. The van der Waals surface area contributed by atoms with E-state index in [1.54, 1.807) is 0 Å². The first-order chi connectivity index (χ1) is 42.2. The number of nitrogens with two attached hydrogens (primary N) is 2. The molecule has 0 aliphatic heterocycles. The second-order valence-corrected chi connectivity index (χ2v) is 22.2. The number of nitrogens with zero attached hydrogens (tertiary/aromatic N) is 1. The summed E-state index contributed by atoms with van der Waals surface area (Å²) in [7, 11) is 0. The van der Waals surface area contributed by atoms with Crippen LogP contribution in [-0.4, -0.2) is 155 Å². The lowest BCUT2D eigenvalue weighted by Crippen LogP contribution is -2.93. The lowest BCUT2D eigenvalue weighted by Gasteiger charge is -2.29. The molecule has 0 bridgehead atoms. The van der Waals surface area contributed by atoms with Gasteiger partial charge >= 0.3 is 54.6 Å². The molecule has 0 aliphatic rings. The van der Waals surface area contributed by atoms with Crippen molar-refractivity contribution < 1.29 is 134 Å². The molecule has 0 saturated carbocycles. The zero-order valence-electron chi connectivity index (χ0n) is 53.6. The Balaban J connectivity index is -0.000000699. The average Bonchev–Trinajstić information content (AvgIpc) is 2.43. The highest BCUT2D eigenvalue weighted by Crippen LogP contribution is 2.19. The number of nitrogens with one attached hydrogen (secondary N) is 1. The minimum atomic E-state index is -5.08. The van der Waals surface area contributed by atoms with Gasteiger partial charge in [-0.05, 0) is 19.3 Å². The molecule has 0 fully saturated rings. The van der Waals surface area contributed by atoms with Crippen molar-refractivity contribution in [3.63, 3.8) is 0 Å². The number of hydrogen-bond donors (Lipinski definition) is 10.